The standard InChI is InChI=1S/C19H16N4/c1-13(22-23-19-20-9-4-10-21-19)14-7-8-16-11-15-5-2-3-6-17(15)18(16)12-14/h2-10,12H,11H2,1H3,(H,20,21,23)/b22-13+. The third kappa shape index (κ3) is 2.59. The molecule has 0 unspecified atom stereocenters. The van der Waals surface area contributed by atoms with E-state index in [1.165, 1.54) is 22.3 Å². The fraction of sp³-hybridized carbons (Fsp3) is 0.105. The Balaban J connectivity index is 1.64. The number of rotatable bonds is 3. The minimum absolute atomic E-state index is 0.498. The normalized spacial score (nSPS) is 12.7. The summed E-state index contributed by atoms with van der Waals surface area (Å²) in [5, 5.41) is 4.39. The van der Waals surface area contributed by atoms with Crippen LogP contribution in [0.15, 0.2) is 66.0 Å². The second-order valence-electron chi connectivity index (χ2n) is 5.59. The molecule has 0 saturated carbocycles. The fourth-order valence-electron chi connectivity index (χ4n) is 2.90. The molecular weight excluding hydrogens is 284 g/mol. The highest BCUT2D eigenvalue weighted by Crippen LogP contribution is 2.36. The maximum absolute atomic E-state index is 4.39. The molecule has 0 fully saturated rings. The van der Waals surface area contributed by atoms with E-state index >= 15 is 0 Å². The molecule has 0 spiro atoms. The van der Waals surface area contributed by atoms with Gasteiger partial charge in [-0.1, -0.05) is 36.4 Å². The van der Waals surface area contributed by atoms with Crippen LogP contribution in [0.1, 0.15) is 23.6 Å². The lowest BCUT2D eigenvalue weighted by atomic mass is 10.0. The molecule has 0 atom stereocenters. The molecule has 4 rings (SSSR count). The summed E-state index contributed by atoms with van der Waals surface area (Å²) in [6, 6.07) is 16.9. The van der Waals surface area contributed by atoms with Gasteiger partial charge in [-0.25, -0.2) is 15.4 Å². The molecule has 3 aromatic rings. The average molecular weight is 300 g/mol. The molecule has 1 heterocycles. The molecule has 2 aromatic carbocycles. The molecule has 4 heteroatoms. The zero-order chi connectivity index (χ0) is 15.6. The van der Waals surface area contributed by atoms with E-state index in [1.807, 2.05) is 6.92 Å². The van der Waals surface area contributed by atoms with Gasteiger partial charge in [-0.05, 0) is 53.3 Å². The molecular formula is C19H16N4. The van der Waals surface area contributed by atoms with Crippen LogP contribution in [0.5, 0.6) is 0 Å². The topological polar surface area (TPSA) is 50.2 Å². The smallest absolute Gasteiger partial charge is 0.243 e. The first-order valence-corrected chi connectivity index (χ1v) is 7.60. The molecule has 4 nitrogen and oxygen atoms in total. The van der Waals surface area contributed by atoms with Crippen LogP contribution in [-0.2, 0) is 6.42 Å². The Hall–Kier alpha value is -3.01. The fourth-order valence-corrected chi connectivity index (χ4v) is 2.90. The summed E-state index contributed by atoms with van der Waals surface area (Å²) in [6.45, 7) is 1.98. The van der Waals surface area contributed by atoms with Gasteiger partial charge >= 0.3 is 0 Å². The zero-order valence-electron chi connectivity index (χ0n) is 12.8. The van der Waals surface area contributed by atoms with Gasteiger partial charge in [0.25, 0.3) is 0 Å². The van der Waals surface area contributed by atoms with E-state index in [0.29, 0.717) is 5.95 Å². The van der Waals surface area contributed by atoms with Crippen LogP contribution in [0.3, 0.4) is 0 Å². The summed E-state index contributed by atoms with van der Waals surface area (Å²) in [6.07, 6.45) is 4.39. The van der Waals surface area contributed by atoms with E-state index in [4.69, 9.17) is 0 Å². The lowest BCUT2D eigenvalue weighted by Crippen LogP contribution is -2.02. The van der Waals surface area contributed by atoms with E-state index in [1.54, 1.807) is 18.5 Å². The van der Waals surface area contributed by atoms with Crippen molar-refractivity contribution >= 4 is 11.7 Å². The summed E-state index contributed by atoms with van der Waals surface area (Å²) in [5.74, 6) is 0.498. The monoisotopic (exact) mass is 300 g/mol. The van der Waals surface area contributed by atoms with E-state index < -0.39 is 0 Å². The summed E-state index contributed by atoms with van der Waals surface area (Å²) < 4.78 is 0. The number of anilines is 1. The van der Waals surface area contributed by atoms with Crippen LogP contribution >= 0.6 is 0 Å². The van der Waals surface area contributed by atoms with Crippen molar-refractivity contribution in [3.05, 3.63) is 77.6 Å². The second-order valence-corrected chi connectivity index (χ2v) is 5.59. The summed E-state index contributed by atoms with van der Waals surface area (Å²) >= 11 is 0. The van der Waals surface area contributed by atoms with E-state index in [2.05, 4.69) is 63.0 Å². The van der Waals surface area contributed by atoms with Gasteiger partial charge in [0, 0.05) is 12.4 Å². The Morgan fingerprint density at radius 1 is 0.957 bits per heavy atom. The highest BCUT2D eigenvalue weighted by molar-refractivity contribution is 6.00. The molecule has 112 valence electrons. The number of aromatic nitrogens is 2. The summed E-state index contributed by atoms with van der Waals surface area (Å²) in [5.41, 5.74) is 10.3. The largest absolute Gasteiger partial charge is 0.245 e. The predicted octanol–water partition coefficient (Wildman–Crippen LogP) is 3.88. The Morgan fingerprint density at radius 2 is 1.74 bits per heavy atom. The minimum Gasteiger partial charge on any atom is -0.245 e. The maximum Gasteiger partial charge on any atom is 0.243 e. The third-order valence-electron chi connectivity index (χ3n) is 4.11. The number of hydrazone groups is 1. The van der Waals surface area contributed by atoms with Crippen molar-refractivity contribution in [2.24, 2.45) is 5.10 Å². The molecule has 23 heavy (non-hydrogen) atoms. The first kappa shape index (κ1) is 13.6. The van der Waals surface area contributed by atoms with Crippen LogP contribution in [0.2, 0.25) is 0 Å². The van der Waals surface area contributed by atoms with Gasteiger partial charge in [-0.3, -0.25) is 0 Å². The molecule has 0 radical (unpaired) electrons. The first-order chi connectivity index (χ1) is 11.3. The Kier molecular flexibility index (Phi) is 3.35. The molecule has 0 bridgehead atoms. The molecule has 1 N–H and O–H groups in total. The molecule has 0 saturated heterocycles. The summed E-state index contributed by atoms with van der Waals surface area (Å²) in [7, 11) is 0. The van der Waals surface area contributed by atoms with Crippen LogP contribution in [0, 0.1) is 0 Å². The highest BCUT2D eigenvalue weighted by atomic mass is 15.3. The molecule has 0 amide bonds. The number of hydrogen-bond donors (Lipinski definition) is 1. The van der Waals surface area contributed by atoms with Gasteiger partial charge in [0.05, 0.1) is 5.71 Å². The lowest BCUT2D eigenvalue weighted by molar-refractivity contribution is 1.11. The van der Waals surface area contributed by atoms with E-state index in [-0.39, 0.29) is 0 Å². The van der Waals surface area contributed by atoms with Gasteiger partial charge in [0.2, 0.25) is 5.95 Å². The lowest BCUT2D eigenvalue weighted by Gasteiger charge is -2.06. The number of benzene rings is 2. The van der Waals surface area contributed by atoms with Crippen molar-refractivity contribution in [3.63, 3.8) is 0 Å². The van der Waals surface area contributed by atoms with Gasteiger partial charge in [0.15, 0.2) is 0 Å². The Labute approximate surface area is 134 Å². The average Bonchev–Trinajstić information content (AvgIpc) is 2.98. The predicted molar refractivity (Wildman–Crippen MR) is 92.5 cm³/mol. The summed E-state index contributed by atoms with van der Waals surface area (Å²) in [4.78, 5) is 8.21. The van der Waals surface area contributed by atoms with Crippen molar-refractivity contribution in [3.8, 4) is 11.1 Å². The minimum atomic E-state index is 0.498. The first-order valence-electron chi connectivity index (χ1n) is 7.60. The Bertz CT molecular complexity index is 885. The zero-order valence-corrected chi connectivity index (χ0v) is 12.8. The number of hydrogen-bond acceptors (Lipinski definition) is 4. The van der Waals surface area contributed by atoms with Crippen LogP contribution in [0.25, 0.3) is 11.1 Å². The van der Waals surface area contributed by atoms with Crippen molar-refractivity contribution in [2.45, 2.75) is 13.3 Å². The Morgan fingerprint density at radius 3 is 2.61 bits per heavy atom. The number of nitrogens with one attached hydrogen (secondary N) is 1. The SMILES string of the molecule is C/C(=N\Nc1ncccn1)c1ccc2c(c1)-c1ccccc1C2. The molecule has 1 aliphatic rings. The van der Waals surface area contributed by atoms with Crippen molar-refractivity contribution in [1.29, 1.82) is 0 Å². The molecule has 0 aliphatic heterocycles. The van der Waals surface area contributed by atoms with Gasteiger partial charge < -0.3 is 0 Å². The van der Waals surface area contributed by atoms with Gasteiger partial charge in [0.1, 0.15) is 0 Å². The van der Waals surface area contributed by atoms with Crippen LogP contribution in [-0.4, -0.2) is 15.7 Å². The third-order valence-corrected chi connectivity index (χ3v) is 4.11. The van der Waals surface area contributed by atoms with E-state index in [0.717, 1.165) is 17.7 Å². The quantitative estimate of drug-likeness (QED) is 0.461. The van der Waals surface area contributed by atoms with Crippen LogP contribution in [0.4, 0.5) is 5.95 Å². The van der Waals surface area contributed by atoms with Crippen molar-refractivity contribution < 1.29 is 0 Å². The van der Waals surface area contributed by atoms with E-state index in [9.17, 15) is 0 Å². The number of fused-ring (bicyclic) bond motifs is 3. The molecule has 1 aromatic heterocycles. The van der Waals surface area contributed by atoms with Crippen molar-refractivity contribution in [2.75, 3.05) is 5.43 Å². The second kappa shape index (κ2) is 5.65. The van der Waals surface area contributed by atoms with Gasteiger partial charge in [-0.2, -0.15) is 5.10 Å². The van der Waals surface area contributed by atoms with Gasteiger partial charge in [-0.15, -0.1) is 0 Å². The maximum atomic E-state index is 4.39. The van der Waals surface area contributed by atoms with Crippen molar-refractivity contribution in [1.82, 2.24) is 9.97 Å². The number of nitrogens with zero attached hydrogens (tertiary/aromatic N) is 3. The highest BCUT2D eigenvalue weighted by Gasteiger charge is 2.18. The molecule has 1 aliphatic carbocycles. The van der Waals surface area contributed by atoms with Crippen LogP contribution < -0.4 is 5.43 Å².